The monoisotopic (exact) mass is 302 g/mol. The Bertz CT molecular complexity index is 409. The van der Waals surface area contributed by atoms with E-state index in [1.54, 1.807) is 0 Å². The number of fused-ring (bicyclic) bond motifs is 1. The zero-order valence-corrected chi connectivity index (χ0v) is 11.9. The minimum Gasteiger partial charge on any atom is -0.459 e. The van der Waals surface area contributed by atoms with E-state index in [1.807, 2.05) is 13.8 Å². The average molecular weight is 303 g/mol. The molecule has 1 aliphatic rings. The highest BCUT2D eigenvalue weighted by Gasteiger charge is 2.24. The Hall–Kier alpha value is -0.350. The van der Waals surface area contributed by atoms with Crippen molar-refractivity contribution in [1.29, 1.82) is 0 Å². The maximum absolute atomic E-state index is 11.9. The Morgan fingerprint density at radius 2 is 1.94 bits per heavy atom. The standard InChI is InChI=1S/C12H15BrO2S/c1-7(2)15-12(14)10-8-5-3-4-6-9(8)11(13)16-10/h7H,3-6H2,1-2H3. The lowest BCUT2D eigenvalue weighted by atomic mass is 9.94. The first-order valence-electron chi connectivity index (χ1n) is 5.60. The second-order valence-electron chi connectivity index (χ2n) is 4.32. The van der Waals surface area contributed by atoms with Gasteiger partial charge in [-0.1, -0.05) is 0 Å². The molecule has 0 fully saturated rings. The zero-order chi connectivity index (χ0) is 11.7. The molecule has 0 bridgehead atoms. The van der Waals surface area contributed by atoms with Crippen LogP contribution in [0.3, 0.4) is 0 Å². The van der Waals surface area contributed by atoms with Crippen molar-refractivity contribution in [2.75, 3.05) is 0 Å². The maximum atomic E-state index is 11.9. The third kappa shape index (κ3) is 2.33. The molecule has 0 atom stereocenters. The van der Waals surface area contributed by atoms with Crippen LogP contribution in [0.4, 0.5) is 0 Å². The summed E-state index contributed by atoms with van der Waals surface area (Å²) in [7, 11) is 0. The molecule has 1 aliphatic carbocycles. The molecule has 0 unspecified atom stereocenters. The summed E-state index contributed by atoms with van der Waals surface area (Å²) in [5.74, 6) is -0.163. The molecule has 0 amide bonds. The fourth-order valence-electron chi connectivity index (χ4n) is 2.02. The molecule has 0 saturated carbocycles. The fourth-order valence-corrected chi connectivity index (χ4v) is 3.95. The number of carbonyl (C=O) groups excluding carboxylic acids is 1. The molecule has 88 valence electrons. The van der Waals surface area contributed by atoms with Crippen molar-refractivity contribution in [3.05, 3.63) is 19.8 Å². The van der Waals surface area contributed by atoms with E-state index in [9.17, 15) is 4.79 Å². The normalized spacial score (nSPS) is 15.0. The van der Waals surface area contributed by atoms with E-state index in [-0.39, 0.29) is 12.1 Å². The number of carbonyl (C=O) groups is 1. The van der Waals surface area contributed by atoms with E-state index in [0.29, 0.717) is 0 Å². The van der Waals surface area contributed by atoms with E-state index >= 15 is 0 Å². The summed E-state index contributed by atoms with van der Waals surface area (Å²) in [6, 6.07) is 0. The van der Waals surface area contributed by atoms with Crippen LogP contribution in [-0.2, 0) is 17.6 Å². The van der Waals surface area contributed by atoms with Gasteiger partial charge in [-0.05, 0) is 66.6 Å². The third-order valence-electron chi connectivity index (χ3n) is 2.70. The molecular formula is C12H15BrO2S. The lowest BCUT2D eigenvalue weighted by Crippen LogP contribution is -2.13. The van der Waals surface area contributed by atoms with Crippen molar-refractivity contribution >= 4 is 33.2 Å². The van der Waals surface area contributed by atoms with Crippen LogP contribution in [0.15, 0.2) is 3.79 Å². The van der Waals surface area contributed by atoms with Crippen molar-refractivity contribution in [3.8, 4) is 0 Å². The Morgan fingerprint density at radius 3 is 2.56 bits per heavy atom. The predicted molar refractivity (Wildman–Crippen MR) is 69.2 cm³/mol. The summed E-state index contributed by atoms with van der Waals surface area (Å²) in [6.07, 6.45) is 4.45. The van der Waals surface area contributed by atoms with Crippen molar-refractivity contribution in [2.45, 2.75) is 45.6 Å². The third-order valence-corrected chi connectivity index (χ3v) is 4.71. The van der Waals surface area contributed by atoms with Crippen LogP contribution in [0.25, 0.3) is 0 Å². The molecule has 1 heterocycles. The minimum absolute atomic E-state index is 0.0485. The molecule has 0 aromatic carbocycles. The van der Waals surface area contributed by atoms with Gasteiger partial charge in [-0.3, -0.25) is 0 Å². The molecule has 2 rings (SSSR count). The van der Waals surface area contributed by atoms with Gasteiger partial charge >= 0.3 is 5.97 Å². The number of hydrogen-bond donors (Lipinski definition) is 0. The fraction of sp³-hybridized carbons (Fsp3) is 0.583. The predicted octanol–water partition coefficient (Wildman–Crippen LogP) is 3.95. The van der Waals surface area contributed by atoms with Gasteiger partial charge in [0.15, 0.2) is 0 Å². The van der Waals surface area contributed by atoms with Gasteiger partial charge in [0, 0.05) is 0 Å². The van der Waals surface area contributed by atoms with Crippen LogP contribution in [0.2, 0.25) is 0 Å². The summed E-state index contributed by atoms with van der Waals surface area (Å²) < 4.78 is 6.38. The van der Waals surface area contributed by atoms with Crippen molar-refractivity contribution in [3.63, 3.8) is 0 Å². The second-order valence-corrected chi connectivity index (χ2v) is 6.66. The first-order valence-corrected chi connectivity index (χ1v) is 7.21. The first kappa shape index (κ1) is 12.1. The SMILES string of the molecule is CC(C)OC(=O)c1sc(Br)c2c1CCCC2. The molecule has 0 radical (unpaired) electrons. The average Bonchev–Trinajstić information content (AvgIpc) is 2.56. The molecule has 16 heavy (non-hydrogen) atoms. The van der Waals surface area contributed by atoms with Crippen LogP contribution in [0.1, 0.15) is 47.5 Å². The Labute approximate surface area is 108 Å². The van der Waals surface area contributed by atoms with E-state index < -0.39 is 0 Å². The number of thiophene rings is 1. The van der Waals surface area contributed by atoms with Crippen molar-refractivity contribution < 1.29 is 9.53 Å². The van der Waals surface area contributed by atoms with E-state index in [1.165, 1.54) is 35.3 Å². The highest BCUT2D eigenvalue weighted by molar-refractivity contribution is 9.11. The largest absolute Gasteiger partial charge is 0.459 e. The van der Waals surface area contributed by atoms with Crippen LogP contribution in [0.5, 0.6) is 0 Å². The summed E-state index contributed by atoms with van der Waals surface area (Å²) in [6.45, 7) is 3.76. The van der Waals surface area contributed by atoms with Gasteiger partial charge in [-0.2, -0.15) is 0 Å². The molecule has 1 aromatic rings. The van der Waals surface area contributed by atoms with Crippen molar-refractivity contribution in [1.82, 2.24) is 0 Å². The van der Waals surface area contributed by atoms with Gasteiger partial charge in [-0.15, -0.1) is 11.3 Å². The summed E-state index contributed by atoms with van der Waals surface area (Å²) in [5.41, 5.74) is 2.54. The quantitative estimate of drug-likeness (QED) is 0.773. The number of ether oxygens (including phenoxy) is 1. The zero-order valence-electron chi connectivity index (χ0n) is 9.51. The van der Waals surface area contributed by atoms with E-state index in [4.69, 9.17) is 4.74 Å². The van der Waals surface area contributed by atoms with Gasteiger partial charge < -0.3 is 4.74 Å². The van der Waals surface area contributed by atoms with Crippen LogP contribution in [0, 0.1) is 0 Å². The van der Waals surface area contributed by atoms with Crippen LogP contribution >= 0.6 is 27.3 Å². The van der Waals surface area contributed by atoms with Gasteiger partial charge in [0.25, 0.3) is 0 Å². The summed E-state index contributed by atoms with van der Waals surface area (Å²) in [5, 5.41) is 0. The molecule has 0 spiro atoms. The van der Waals surface area contributed by atoms with Gasteiger partial charge in [0.05, 0.1) is 9.89 Å². The van der Waals surface area contributed by atoms with E-state index in [2.05, 4.69) is 15.9 Å². The molecule has 0 N–H and O–H groups in total. The highest BCUT2D eigenvalue weighted by atomic mass is 79.9. The lowest BCUT2D eigenvalue weighted by molar-refractivity contribution is 0.0382. The van der Waals surface area contributed by atoms with Crippen LogP contribution < -0.4 is 0 Å². The maximum Gasteiger partial charge on any atom is 0.348 e. The highest BCUT2D eigenvalue weighted by Crippen LogP contribution is 2.38. The Morgan fingerprint density at radius 1 is 1.31 bits per heavy atom. The second kappa shape index (κ2) is 4.88. The van der Waals surface area contributed by atoms with Crippen LogP contribution in [-0.4, -0.2) is 12.1 Å². The minimum atomic E-state index is -0.163. The molecule has 2 nitrogen and oxygen atoms in total. The molecular weight excluding hydrogens is 288 g/mol. The van der Waals surface area contributed by atoms with Gasteiger partial charge in [0.1, 0.15) is 4.88 Å². The summed E-state index contributed by atoms with van der Waals surface area (Å²) in [4.78, 5) is 12.7. The molecule has 0 aliphatic heterocycles. The van der Waals surface area contributed by atoms with Gasteiger partial charge in [0.2, 0.25) is 0 Å². The number of hydrogen-bond acceptors (Lipinski definition) is 3. The molecule has 4 heteroatoms. The summed E-state index contributed by atoms with van der Waals surface area (Å²) >= 11 is 5.07. The number of halogens is 1. The lowest BCUT2D eigenvalue weighted by Gasteiger charge is -2.13. The molecule has 0 saturated heterocycles. The van der Waals surface area contributed by atoms with E-state index in [0.717, 1.165) is 21.5 Å². The molecule has 1 aromatic heterocycles. The smallest absolute Gasteiger partial charge is 0.348 e. The van der Waals surface area contributed by atoms with Crippen molar-refractivity contribution in [2.24, 2.45) is 0 Å². The Balaban J connectivity index is 2.31. The number of esters is 1. The Kier molecular flexibility index (Phi) is 3.70. The topological polar surface area (TPSA) is 26.3 Å². The van der Waals surface area contributed by atoms with Gasteiger partial charge in [-0.25, -0.2) is 4.79 Å². The first-order chi connectivity index (χ1) is 7.59. The number of rotatable bonds is 2.